The van der Waals surface area contributed by atoms with Crippen molar-refractivity contribution >= 4 is 34.1 Å². The summed E-state index contributed by atoms with van der Waals surface area (Å²) in [5, 5.41) is 13.7. The predicted molar refractivity (Wildman–Crippen MR) is 102 cm³/mol. The molecule has 0 bridgehead atoms. The topological polar surface area (TPSA) is 72.7 Å². The van der Waals surface area contributed by atoms with Crippen LogP contribution in [0.3, 0.4) is 0 Å². The minimum Gasteiger partial charge on any atom is -0.312 e. The standard InChI is InChI=1S/C17H19N5OS2/c1-4-12-5-7-13(8-6-12)14-9-24-16(19-14)20-15(23)11(2)25-17-21-18-10-22(17)3/h5-11H,4H2,1-3H3,(H,19,20,23)/t11-/m0/s1. The van der Waals surface area contributed by atoms with Gasteiger partial charge in [-0.15, -0.1) is 21.5 Å². The maximum absolute atomic E-state index is 12.4. The summed E-state index contributed by atoms with van der Waals surface area (Å²) in [5.41, 5.74) is 3.22. The molecule has 1 aromatic carbocycles. The Morgan fingerprint density at radius 2 is 2.12 bits per heavy atom. The molecule has 6 nitrogen and oxygen atoms in total. The van der Waals surface area contributed by atoms with Crippen LogP contribution in [0, 0.1) is 0 Å². The number of hydrogen-bond donors (Lipinski definition) is 1. The number of amides is 1. The van der Waals surface area contributed by atoms with Crippen LogP contribution in [0.2, 0.25) is 0 Å². The van der Waals surface area contributed by atoms with Gasteiger partial charge in [-0.3, -0.25) is 4.79 Å². The summed E-state index contributed by atoms with van der Waals surface area (Å²) < 4.78 is 1.79. The van der Waals surface area contributed by atoms with Crippen LogP contribution in [0.25, 0.3) is 11.3 Å². The lowest BCUT2D eigenvalue weighted by atomic mass is 10.1. The number of hydrogen-bond acceptors (Lipinski definition) is 6. The Kier molecular flexibility index (Phi) is 5.50. The number of carbonyl (C=O) groups excluding carboxylic acids is 1. The van der Waals surface area contributed by atoms with Crippen molar-refractivity contribution in [2.24, 2.45) is 7.05 Å². The van der Waals surface area contributed by atoms with Gasteiger partial charge in [-0.1, -0.05) is 43.0 Å². The molecule has 2 aromatic heterocycles. The zero-order chi connectivity index (χ0) is 17.8. The molecule has 0 unspecified atom stereocenters. The number of rotatable bonds is 6. The summed E-state index contributed by atoms with van der Waals surface area (Å²) in [7, 11) is 1.85. The summed E-state index contributed by atoms with van der Waals surface area (Å²) >= 11 is 2.79. The van der Waals surface area contributed by atoms with Crippen LogP contribution in [-0.2, 0) is 18.3 Å². The molecule has 130 valence electrons. The van der Waals surface area contributed by atoms with Crippen molar-refractivity contribution < 1.29 is 4.79 Å². The molecule has 0 spiro atoms. The molecular formula is C17H19N5OS2. The molecule has 0 saturated heterocycles. The van der Waals surface area contributed by atoms with E-state index in [-0.39, 0.29) is 11.2 Å². The summed E-state index contributed by atoms with van der Waals surface area (Å²) in [4.78, 5) is 16.9. The first-order valence-electron chi connectivity index (χ1n) is 7.93. The molecule has 25 heavy (non-hydrogen) atoms. The number of nitrogens with zero attached hydrogens (tertiary/aromatic N) is 4. The van der Waals surface area contributed by atoms with Crippen LogP contribution in [0.4, 0.5) is 5.13 Å². The van der Waals surface area contributed by atoms with E-state index in [1.54, 1.807) is 10.9 Å². The number of aryl methyl sites for hydroxylation is 2. The summed E-state index contributed by atoms with van der Waals surface area (Å²) in [5.74, 6) is -0.102. The van der Waals surface area contributed by atoms with Crippen molar-refractivity contribution in [2.75, 3.05) is 5.32 Å². The van der Waals surface area contributed by atoms with E-state index in [9.17, 15) is 4.79 Å². The lowest BCUT2D eigenvalue weighted by molar-refractivity contribution is -0.115. The first-order chi connectivity index (χ1) is 12.1. The zero-order valence-electron chi connectivity index (χ0n) is 14.3. The monoisotopic (exact) mass is 373 g/mol. The van der Waals surface area contributed by atoms with Gasteiger partial charge in [0, 0.05) is 18.0 Å². The van der Waals surface area contributed by atoms with Gasteiger partial charge in [0.2, 0.25) is 5.91 Å². The van der Waals surface area contributed by atoms with E-state index in [1.807, 2.05) is 19.4 Å². The van der Waals surface area contributed by atoms with Gasteiger partial charge in [-0.25, -0.2) is 4.98 Å². The van der Waals surface area contributed by atoms with Crippen molar-refractivity contribution in [1.82, 2.24) is 19.7 Å². The molecule has 0 saturated carbocycles. The molecule has 2 heterocycles. The predicted octanol–water partition coefficient (Wildman–Crippen LogP) is 3.62. The van der Waals surface area contributed by atoms with Crippen molar-refractivity contribution in [2.45, 2.75) is 30.7 Å². The summed E-state index contributed by atoms with van der Waals surface area (Å²) in [6, 6.07) is 8.33. The Morgan fingerprint density at radius 3 is 2.76 bits per heavy atom. The van der Waals surface area contributed by atoms with Crippen LogP contribution in [-0.4, -0.2) is 30.9 Å². The number of carbonyl (C=O) groups is 1. The molecule has 0 aliphatic rings. The Balaban J connectivity index is 1.64. The lowest BCUT2D eigenvalue weighted by Gasteiger charge is -2.09. The summed E-state index contributed by atoms with van der Waals surface area (Å²) in [6.45, 7) is 3.97. The Bertz CT molecular complexity index is 856. The van der Waals surface area contributed by atoms with Crippen LogP contribution < -0.4 is 5.32 Å². The highest BCUT2D eigenvalue weighted by atomic mass is 32.2. The quantitative estimate of drug-likeness (QED) is 0.668. The second kappa shape index (κ2) is 7.79. The van der Waals surface area contributed by atoms with E-state index >= 15 is 0 Å². The van der Waals surface area contributed by atoms with Crippen molar-refractivity contribution in [3.05, 3.63) is 41.5 Å². The Morgan fingerprint density at radius 1 is 1.36 bits per heavy atom. The third kappa shape index (κ3) is 4.26. The van der Waals surface area contributed by atoms with Gasteiger partial charge in [0.25, 0.3) is 0 Å². The lowest BCUT2D eigenvalue weighted by Crippen LogP contribution is -2.22. The fourth-order valence-corrected chi connectivity index (χ4v) is 3.69. The van der Waals surface area contributed by atoms with E-state index in [2.05, 4.69) is 51.7 Å². The molecule has 1 N–H and O–H groups in total. The third-order valence-electron chi connectivity index (χ3n) is 3.71. The first-order valence-corrected chi connectivity index (χ1v) is 9.69. The highest BCUT2D eigenvalue weighted by Gasteiger charge is 2.18. The molecule has 1 atom stereocenters. The molecular weight excluding hydrogens is 354 g/mol. The number of thiazole rings is 1. The first kappa shape index (κ1) is 17.6. The van der Waals surface area contributed by atoms with Crippen LogP contribution in [0.5, 0.6) is 0 Å². The molecule has 8 heteroatoms. The largest absolute Gasteiger partial charge is 0.312 e. The zero-order valence-corrected chi connectivity index (χ0v) is 15.9. The fourth-order valence-electron chi connectivity index (χ4n) is 2.17. The smallest absolute Gasteiger partial charge is 0.239 e. The maximum atomic E-state index is 12.4. The molecule has 0 fully saturated rings. The van der Waals surface area contributed by atoms with Gasteiger partial charge in [0.05, 0.1) is 10.9 Å². The van der Waals surface area contributed by atoms with Crippen LogP contribution in [0.15, 0.2) is 41.1 Å². The molecule has 0 aliphatic carbocycles. The second-order valence-corrected chi connectivity index (χ2v) is 7.73. The average Bonchev–Trinajstić information content (AvgIpc) is 3.24. The fraction of sp³-hybridized carbons (Fsp3) is 0.294. The number of anilines is 1. The van der Waals surface area contributed by atoms with E-state index in [0.717, 1.165) is 17.7 Å². The maximum Gasteiger partial charge on any atom is 0.239 e. The van der Waals surface area contributed by atoms with Crippen molar-refractivity contribution in [3.63, 3.8) is 0 Å². The second-order valence-electron chi connectivity index (χ2n) is 5.56. The minimum absolute atomic E-state index is 0.102. The van der Waals surface area contributed by atoms with Gasteiger partial charge < -0.3 is 9.88 Å². The summed E-state index contributed by atoms with van der Waals surface area (Å²) in [6.07, 6.45) is 2.63. The number of aromatic nitrogens is 4. The van der Waals surface area contributed by atoms with Gasteiger partial charge in [-0.05, 0) is 18.9 Å². The Labute approximate surface area is 154 Å². The number of nitrogens with one attached hydrogen (secondary N) is 1. The highest BCUT2D eigenvalue weighted by molar-refractivity contribution is 8.00. The third-order valence-corrected chi connectivity index (χ3v) is 5.62. The molecule has 0 radical (unpaired) electrons. The molecule has 3 aromatic rings. The van der Waals surface area contributed by atoms with E-state index in [0.29, 0.717) is 10.3 Å². The van der Waals surface area contributed by atoms with Crippen LogP contribution in [0.1, 0.15) is 19.4 Å². The van der Waals surface area contributed by atoms with Crippen LogP contribution >= 0.6 is 23.1 Å². The van der Waals surface area contributed by atoms with Gasteiger partial charge in [0.15, 0.2) is 10.3 Å². The molecule has 3 rings (SSSR count). The SMILES string of the molecule is CCc1ccc(-c2csc(NC(=O)[C@H](C)Sc3nncn3C)n2)cc1. The van der Waals surface area contributed by atoms with E-state index < -0.39 is 0 Å². The average molecular weight is 374 g/mol. The van der Waals surface area contributed by atoms with Gasteiger partial charge in [-0.2, -0.15) is 0 Å². The number of thioether (sulfide) groups is 1. The van der Waals surface area contributed by atoms with Crippen molar-refractivity contribution in [1.29, 1.82) is 0 Å². The van der Waals surface area contributed by atoms with Crippen molar-refractivity contribution in [3.8, 4) is 11.3 Å². The minimum atomic E-state index is -0.293. The van der Waals surface area contributed by atoms with E-state index in [4.69, 9.17) is 0 Å². The Hall–Kier alpha value is -2.19. The van der Waals surface area contributed by atoms with E-state index in [1.165, 1.54) is 28.7 Å². The number of benzene rings is 1. The molecule has 1 amide bonds. The molecule has 0 aliphatic heterocycles. The highest BCUT2D eigenvalue weighted by Crippen LogP contribution is 2.27. The van der Waals surface area contributed by atoms with Gasteiger partial charge >= 0.3 is 0 Å². The normalized spacial score (nSPS) is 12.1. The van der Waals surface area contributed by atoms with Gasteiger partial charge in [0.1, 0.15) is 6.33 Å².